The number of H-pyrrole nitrogens is 1. The van der Waals surface area contributed by atoms with Crippen molar-refractivity contribution in [2.75, 3.05) is 0 Å². The van der Waals surface area contributed by atoms with Crippen molar-refractivity contribution in [2.45, 2.75) is 0 Å². The Labute approximate surface area is 111 Å². The summed E-state index contributed by atoms with van der Waals surface area (Å²) in [5.41, 5.74) is 2.72. The highest BCUT2D eigenvalue weighted by atomic mass is 79.9. The topological polar surface area (TPSA) is 63.6 Å². The van der Waals surface area contributed by atoms with Crippen LogP contribution in [0.15, 0.2) is 29.0 Å². The van der Waals surface area contributed by atoms with Gasteiger partial charge in [-0.2, -0.15) is 5.10 Å². The molecule has 2 heterocycles. The number of hydrogen-bond acceptors (Lipinski definition) is 3. The van der Waals surface area contributed by atoms with Crippen molar-refractivity contribution in [2.24, 2.45) is 7.05 Å². The summed E-state index contributed by atoms with van der Waals surface area (Å²) < 4.78 is 2.52. The van der Waals surface area contributed by atoms with Crippen LogP contribution in [-0.4, -0.2) is 26.0 Å². The number of carbonyl (C=O) groups excluding carboxylic acids is 1. The average molecular weight is 305 g/mol. The molecule has 0 bridgehead atoms. The third kappa shape index (κ3) is 1.65. The molecule has 0 atom stereocenters. The number of aromatic amines is 1. The van der Waals surface area contributed by atoms with Gasteiger partial charge in [-0.05, 0) is 28.1 Å². The third-order valence-electron chi connectivity index (χ3n) is 2.81. The number of hydrogen-bond donors (Lipinski definition) is 1. The zero-order valence-electron chi connectivity index (χ0n) is 9.51. The molecular formula is C12H9BrN4O. The molecule has 0 amide bonds. The number of rotatable bonds is 2. The molecule has 3 aromatic rings. The number of nitrogens with one attached hydrogen (secondary N) is 1. The molecule has 2 aromatic heterocycles. The second kappa shape index (κ2) is 4.06. The van der Waals surface area contributed by atoms with Gasteiger partial charge in [0.25, 0.3) is 0 Å². The quantitative estimate of drug-likeness (QED) is 0.740. The van der Waals surface area contributed by atoms with E-state index in [-0.39, 0.29) is 0 Å². The van der Waals surface area contributed by atoms with Crippen LogP contribution in [0.4, 0.5) is 0 Å². The largest absolute Gasteiger partial charge is 0.330 e. The van der Waals surface area contributed by atoms with E-state index in [2.05, 4.69) is 31.0 Å². The summed E-state index contributed by atoms with van der Waals surface area (Å²) in [5.74, 6) is 0.308. The number of aldehydes is 1. The first kappa shape index (κ1) is 11.2. The van der Waals surface area contributed by atoms with Gasteiger partial charge in [-0.1, -0.05) is 6.07 Å². The number of aryl methyl sites for hydroxylation is 1. The van der Waals surface area contributed by atoms with Crippen molar-refractivity contribution in [3.05, 3.63) is 34.8 Å². The molecule has 0 aliphatic rings. The molecule has 0 fully saturated rings. The van der Waals surface area contributed by atoms with E-state index in [0.717, 1.165) is 22.2 Å². The van der Waals surface area contributed by atoms with Gasteiger partial charge in [0.05, 0.1) is 11.7 Å². The van der Waals surface area contributed by atoms with Gasteiger partial charge in [-0.3, -0.25) is 9.48 Å². The predicted molar refractivity (Wildman–Crippen MR) is 71.4 cm³/mol. The van der Waals surface area contributed by atoms with Crippen molar-refractivity contribution in [1.29, 1.82) is 0 Å². The van der Waals surface area contributed by atoms with Gasteiger partial charge < -0.3 is 4.98 Å². The molecule has 5 nitrogen and oxygen atoms in total. The van der Waals surface area contributed by atoms with Gasteiger partial charge in [0.15, 0.2) is 12.1 Å². The molecule has 0 aliphatic carbocycles. The summed E-state index contributed by atoms with van der Waals surface area (Å²) in [6.45, 7) is 0. The Kier molecular flexibility index (Phi) is 2.52. The zero-order valence-corrected chi connectivity index (χ0v) is 11.1. The summed E-state index contributed by atoms with van der Waals surface area (Å²) in [6, 6.07) is 5.94. The smallest absolute Gasteiger partial charge is 0.185 e. The van der Waals surface area contributed by atoms with Gasteiger partial charge >= 0.3 is 0 Å². The maximum Gasteiger partial charge on any atom is 0.185 e. The first-order chi connectivity index (χ1) is 8.69. The number of fused-ring (bicyclic) bond motifs is 1. The van der Waals surface area contributed by atoms with Crippen molar-refractivity contribution in [3.63, 3.8) is 0 Å². The second-order valence-corrected chi connectivity index (χ2v) is 4.74. The van der Waals surface area contributed by atoms with Crippen molar-refractivity contribution < 1.29 is 4.79 Å². The highest BCUT2D eigenvalue weighted by Crippen LogP contribution is 2.28. The first-order valence-electron chi connectivity index (χ1n) is 5.32. The van der Waals surface area contributed by atoms with Crippen LogP contribution in [-0.2, 0) is 7.05 Å². The van der Waals surface area contributed by atoms with E-state index in [4.69, 9.17) is 0 Å². The van der Waals surface area contributed by atoms with Crippen LogP contribution in [0.3, 0.4) is 0 Å². The summed E-state index contributed by atoms with van der Waals surface area (Å²) in [4.78, 5) is 17.8. The van der Waals surface area contributed by atoms with E-state index in [1.807, 2.05) is 29.9 Å². The summed E-state index contributed by atoms with van der Waals surface area (Å²) in [7, 11) is 1.90. The van der Waals surface area contributed by atoms with E-state index >= 15 is 0 Å². The van der Waals surface area contributed by atoms with Crippen LogP contribution < -0.4 is 0 Å². The van der Waals surface area contributed by atoms with E-state index in [1.54, 1.807) is 6.20 Å². The highest BCUT2D eigenvalue weighted by molar-refractivity contribution is 9.10. The lowest BCUT2D eigenvalue weighted by atomic mass is 10.1. The molecule has 0 saturated heterocycles. The first-order valence-corrected chi connectivity index (χ1v) is 6.11. The molecular weight excluding hydrogens is 296 g/mol. The Morgan fingerprint density at radius 3 is 3.00 bits per heavy atom. The molecule has 3 rings (SSSR count). The number of benzene rings is 1. The van der Waals surface area contributed by atoms with E-state index in [1.165, 1.54) is 0 Å². The number of aromatic nitrogens is 4. The molecule has 6 heteroatoms. The van der Waals surface area contributed by atoms with Crippen LogP contribution in [0.25, 0.3) is 22.2 Å². The van der Waals surface area contributed by atoms with Gasteiger partial charge in [-0.25, -0.2) is 4.98 Å². The average Bonchev–Trinajstić information content (AvgIpc) is 2.93. The Morgan fingerprint density at radius 1 is 1.44 bits per heavy atom. The molecule has 90 valence electrons. The molecule has 0 spiro atoms. The highest BCUT2D eigenvalue weighted by Gasteiger charge is 2.11. The molecule has 18 heavy (non-hydrogen) atoms. The van der Waals surface area contributed by atoms with Crippen molar-refractivity contribution in [3.8, 4) is 11.3 Å². The maximum absolute atomic E-state index is 10.7. The third-order valence-corrected chi connectivity index (χ3v) is 3.38. The molecule has 0 saturated carbocycles. The summed E-state index contributed by atoms with van der Waals surface area (Å²) >= 11 is 3.37. The minimum absolute atomic E-state index is 0.308. The zero-order chi connectivity index (χ0) is 12.7. The number of halogens is 1. The summed E-state index contributed by atoms with van der Waals surface area (Å²) in [5, 5.41) is 5.23. The minimum atomic E-state index is 0.308. The lowest BCUT2D eigenvalue weighted by molar-refractivity contribution is 0.111. The lowest BCUT2D eigenvalue weighted by Crippen LogP contribution is -1.88. The molecule has 1 N–H and O–H groups in total. The van der Waals surface area contributed by atoms with E-state index in [9.17, 15) is 4.79 Å². The Hall–Kier alpha value is -1.95. The Balaban J connectivity index is 2.18. The van der Waals surface area contributed by atoms with Gasteiger partial charge in [-0.15, -0.1) is 0 Å². The minimum Gasteiger partial charge on any atom is -0.330 e. The fourth-order valence-electron chi connectivity index (χ4n) is 1.93. The SMILES string of the molecule is Cn1ncc2cc(-c3nc(C=O)[nH]c3Br)ccc21. The van der Waals surface area contributed by atoms with Crippen molar-refractivity contribution in [1.82, 2.24) is 19.7 Å². The normalized spacial score (nSPS) is 11.0. The van der Waals surface area contributed by atoms with Gasteiger partial charge in [0.1, 0.15) is 10.3 Å². The van der Waals surface area contributed by atoms with Gasteiger partial charge in [0.2, 0.25) is 0 Å². The maximum atomic E-state index is 10.7. The Bertz CT molecular complexity index is 744. The Morgan fingerprint density at radius 2 is 2.28 bits per heavy atom. The van der Waals surface area contributed by atoms with E-state index < -0.39 is 0 Å². The predicted octanol–water partition coefficient (Wildman–Crippen LogP) is 2.54. The van der Waals surface area contributed by atoms with Gasteiger partial charge in [0, 0.05) is 18.0 Å². The molecule has 0 unspecified atom stereocenters. The van der Waals surface area contributed by atoms with Crippen molar-refractivity contribution >= 4 is 33.1 Å². The number of carbonyl (C=O) groups is 1. The fraction of sp³-hybridized carbons (Fsp3) is 0.0833. The lowest BCUT2D eigenvalue weighted by Gasteiger charge is -1.99. The molecule has 0 radical (unpaired) electrons. The van der Waals surface area contributed by atoms with Crippen LogP contribution in [0.1, 0.15) is 10.6 Å². The van der Waals surface area contributed by atoms with Crippen LogP contribution in [0, 0.1) is 0 Å². The van der Waals surface area contributed by atoms with E-state index in [0.29, 0.717) is 16.7 Å². The number of nitrogens with zero attached hydrogens (tertiary/aromatic N) is 3. The fourth-order valence-corrected chi connectivity index (χ4v) is 2.45. The van der Waals surface area contributed by atoms with Crippen LogP contribution >= 0.6 is 15.9 Å². The van der Waals surface area contributed by atoms with Crippen LogP contribution in [0.2, 0.25) is 0 Å². The van der Waals surface area contributed by atoms with Crippen LogP contribution in [0.5, 0.6) is 0 Å². The second-order valence-electron chi connectivity index (χ2n) is 3.94. The molecule has 1 aromatic carbocycles. The monoisotopic (exact) mass is 304 g/mol. The summed E-state index contributed by atoms with van der Waals surface area (Å²) in [6.07, 6.45) is 2.50. The number of imidazole rings is 1. The molecule has 0 aliphatic heterocycles. The standard InChI is InChI=1S/C12H9BrN4O/c1-17-9-3-2-7(4-8(9)5-14-17)11-12(13)16-10(6-18)15-11/h2-6H,1H3,(H,15,16).